The van der Waals surface area contributed by atoms with Crippen molar-refractivity contribution in [1.82, 2.24) is 10.7 Å². The molecule has 0 atom stereocenters. The number of hydrazine groups is 1. The Hall–Kier alpha value is -0.770. The van der Waals surface area contributed by atoms with Gasteiger partial charge in [0.25, 0.3) is 0 Å². The lowest BCUT2D eigenvalue weighted by molar-refractivity contribution is 0.410. The molecule has 0 spiro atoms. The zero-order chi connectivity index (χ0) is 11.8. The molecule has 0 aromatic carbocycles. The second-order valence-electron chi connectivity index (χ2n) is 5.04. The molecule has 4 heteroatoms. The molecule has 0 bridgehead atoms. The summed E-state index contributed by atoms with van der Waals surface area (Å²) in [5.41, 5.74) is 2.66. The maximum atomic E-state index is 5.46. The molecule has 1 aliphatic rings. The van der Waals surface area contributed by atoms with E-state index >= 15 is 0 Å². The van der Waals surface area contributed by atoms with E-state index in [1.54, 1.807) is 0 Å². The molecule has 0 unspecified atom stereocenters. The summed E-state index contributed by atoms with van der Waals surface area (Å²) in [6.07, 6.45) is 7.60. The summed E-state index contributed by atoms with van der Waals surface area (Å²) in [4.78, 5) is 4.45. The highest BCUT2D eigenvalue weighted by atomic mass is 15.3. The van der Waals surface area contributed by atoms with E-state index in [4.69, 9.17) is 5.84 Å². The third kappa shape index (κ3) is 5.35. The third-order valence-corrected chi connectivity index (χ3v) is 3.06. The van der Waals surface area contributed by atoms with E-state index < -0.39 is 0 Å². The molecule has 4 nitrogen and oxygen atoms in total. The molecule has 1 aliphatic carbocycles. The monoisotopic (exact) mass is 226 g/mol. The van der Waals surface area contributed by atoms with Gasteiger partial charge < -0.3 is 5.32 Å². The topological polar surface area (TPSA) is 62.4 Å². The molecule has 1 rings (SSSR count). The van der Waals surface area contributed by atoms with Crippen molar-refractivity contribution in [3.63, 3.8) is 0 Å². The van der Waals surface area contributed by atoms with Crippen LogP contribution in [0.3, 0.4) is 0 Å². The Labute approximate surface area is 99.1 Å². The lowest BCUT2D eigenvalue weighted by Gasteiger charge is -2.24. The van der Waals surface area contributed by atoms with Gasteiger partial charge in [-0.3, -0.25) is 10.4 Å². The maximum absolute atomic E-state index is 5.46. The molecule has 0 aliphatic heterocycles. The minimum Gasteiger partial charge on any atom is -0.353 e. The number of guanidine groups is 1. The van der Waals surface area contributed by atoms with Crippen molar-refractivity contribution in [2.45, 2.75) is 58.4 Å². The van der Waals surface area contributed by atoms with Crippen LogP contribution in [0, 0.1) is 5.92 Å². The van der Waals surface area contributed by atoms with Gasteiger partial charge in [0.1, 0.15) is 0 Å². The Morgan fingerprint density at radius 2 is 2.00 bits per heavy atom. The van der Waals surface area contributed by atoms with Crippen LogP contribution in [0.2, 0.25) is 0 Å². The van der Waals surface area contributed by atoms with Crippen LogP contribution >= 0.6 is 0 Å². The Bertz CT molecular complexity index is 207. The number of rotatable bonds is 4. The molecule has 0 radical (unpaired) electrons. The average Bonchev–Trinajstić information content (AvgIpc) is 2.28. The first-order chi connectivity index (χ1) is 7.72. The highest BCUT2D eigenvalue weighted by Gasteiger charge is 2.13. The van der Waals surface area contributed by atoms with Crippen LogP contribution in [0.25, 0.3) is 0 Å². The first kappa shape index (κ1) is 13.3. The highest BCUT2D eigenvalue weighted by Crippen LogP contribution is 2.17. The smallest absolute Gasteiger partial charge is 0.205 e. The van der Waals surface area contributed by atoms with Crippen molar-refractivity contribution in [3.05, 3.63) is 0 Å². The normalized spacial score (nSPS) is 18.9. The number of hydrogen-bond acceptors (Lipinski definition) is 2. The van der Waals surface area contributed by atoms with Crippen LogP contribution in [0.4, 0.5) is 0 Å². The van der Waals surface area contributed by atoms with E-state index in [0.29, 0.717) is 12.0 Å². The van der Waals surface area contributed by atoms with E-state index in [0.717, 1.165) is 18.9 Å². The first-order valence-electron chi connectivity index (χ1n) is 6.50. The molecule has 94 valence electrons. The molecule has 0 aromatic heterocycles. The molecule has 16 heavy (non-hydrogen) atoms. The van der Waals surface area contributed by atoms with Gasteiger partial charge in [0.05, 0.1) is 0 Å². The number of nitrogens with one attached hydrogen (secondary N) is 2. The van der Waals surface area contributed by atoms with Crippen LogP contribution < -0.4 is 16.6 Å². The maximum Gasteiger partial charge on any atom is 0.205 e. The molecule has 0 heterocycles. The van der Waals surface area contributed by atoms with Crippen LogP contribution in [-0.2, 0) is 0 Å². The summed E-state index contributed by atoms with van der Waals surface area (Å²) < 4.78 is 0. The SMILES string of the molecule is CC(C)CCN=C(NN)NC1CCCCC1. The summed E-state index contributed by atoms with van der Waals surface area (Å²) in [5.74, 6) is 6.91. The fraction of sp³-hybridized carbons (Fsp3) is 0.917. The predicted molar refractivity (Wildman–Crippen MR) is 69.1 cm³/mol. The van der Waals surface area contributed by atoms with Crippen molar-refractivity contribution >= 4 is 5.96 Å². The Morgan fingerprint density at radius 3 is 2.56 bits per heavy atom. The van der Waals surface area contributed by atoms with E-state index in [-0.39, 0.29) is 0 Å². The molecule has 0 saturated heterocycles. The van der Waals surface area contributed by atoms with Crippen molar-refractivity contribution in [1.29, 1.82) is 0 Å². The Balaban J connectivity index is 2.28. The second kappa shape index (κ2) is 7.49. The molecular formula is C12H26N4. The molecule has 0 amide bonds. The van der Waals surface area contributed by atoms with Crippen molar-refractivity contribution < 1.29 is 0 Å². The molecule has 0 aromatic rings. The van der Waals surface area contributed by atoms with Gasteiger partial charge in [-0.2, -0.15) is 0 Å². The first-order valence-corrected chi connectivity index (χ1v) is 6.50. The van der Waals surface area contributed by atoms with Gasteiger partial charge in [-0.15, -0.1) is 0 Å². The summed E-state index contributed by atoms with van der Waals surface area (Å²) >= 11 is 0. The van der Waals surface area contributed by atoms with Crippen molar-refractivity contribution in [2.75, 3.05) is 6.54 Å². The fourth-order valence-corrected chi connectivity index (χ4v) is 2.01. The summed E-state index contributed by atoms with van der Waals surface area (Å²) in [6.45, 7) is 5.26. The number of nitrogens with zero attached hydrogens (tertiary/aromatic N) is 1. The quantitative estimate of drug-likeness (QED) is 0.296. The van der Waals surface area contributed by atoms with Gasteiger partial charge in [0, 0.05) is 12.6 Å². The lowest BCUT2D eigenvalue weighted by Crippen LogP contribution is -2.47. The van der Waals surface area contributed by atoms with Crippen molar-refractivity contribution in [3.8, 4) is 0 Å². The zero-order valence-corrected chi connectivity index (χ0v) is 10.6. The van der Waals surface area contributed by atoms with Gasteiger partial charge >= 0.3 is 0 Å². The highest BCUT2D eigenvalue weighted by molar-refractivity contribution is 5.79. The number of aliphatic imine (C=N–C) groups is 1. The average molecular weight is 226 g/mol. The molecule has 1 saturated carbocycles. The van der Waals surface area contributed by atoms with E-state index in [1.807, 2.05) is 0 Å². The minimum absolute atomic E-state index is 0.558. The van der Waals surface area contributed by atoms with E-state index in [2.05, 4.69) is 29.6 Å². The van der Waals surface area contributed by atoms with Gasteiger partial charge in [-0.25, -0.2) is 5.84 Å². The largest absolute Gasteiger partial charge is 0.353 e. The van der Waals surface area contributed by atoms with Crippen molar-refractivity contribution in [2.24, 2.45) is 16.8 Å². The van der Waals surface area contributed by atoms with E-state index in [1.165, 1.54) is 32.1 Å². The summed E-state index contributed by atoms with van der Waals surface area (Å²) in [5, 5.41) is 3.39. The zero-order valence-electron chi connectivity index (χ0n) is 10.6. The molecular weight excluding hydrogens is 200 g/mol. The predicted octanol–water partition coefficient (Wildman–Crippen LogP) is 1.77. The third-order valence-electron chi connectivity index (χ3n) is 3.06. The fourth-order valence-electron chi connectivity index (χ4n) is 2.01. The summed E-state index contributed by atoms with van der Waals surface area (Å²) in [6, 6.07) is 0.558. The van der Waals surface area contributed by atoms with Crippen LogP contribution in [0.5, 0.6) is 0 Å². The van der Waals surface area contributed by atoms with Crippen LogP contribution in [-0.4, -0.2) is 18.5 Å². The number of hydrogen-bond donors (Lipinski definition) is 3. The van der Waals surface area contributed by atoms with Crippen LogP contribution in [0.1, 0.15) is 52.4 Å². The van der Waals surface area contributed by atoms with E-state index in [9.17, 15) is 0 Å². The second-order valence-corrected chi connectivity index (χ2v) is 5.04. The van der Waals surface area contributed by atoms with Gasteiger partial charge in [-0.05, 0) is 25.2 Å². The van der Waals surface area contributed by atoms with Crippen LogP contribution in [0.15, 0.2) is 4.99 Å². The summed E-state index contributed by atoms with van der Waals surface area (Å²) in [7, 11) is 0. The molecule has 4 N–H and O–H groups in total. The van der Waals surface area contributed by atoms with Gasteiger partial charge in [0.15, 0.2) is 0 Å². The lowest BCUT2D eigenvalue weighted by atomic mass is 9.96. The minimum atomic E-state index is 0.558. The van der Waals surface area contributed by atoms with Gasteiger partial charge in [0.2, 0.25) is 5.96 Å². The van der Waals surface area contributed by atoms with Gasteiger partial charge in [-0.1, -0.05) is 33.1 Å². The standard InChI is InChI=1S/C12H26N4/c1-10(2)8-9-14-12(16-13)15-11-6-4-3-5-7-11/h10-11H,3-9,13H2,1-2H3,(H2,14,15,16). The Kier molecular flexibility index (Phi) is 6.23. The number of nitrogens with two attached hydrogens (primary N) is 1. The Morgan fingerprint density at radius 1 is 1.31 bits per heavy atom. The molecule has 1 fully saturated rings.